The number of para-hydroxylation sites is 10. The van der Waals surface area contributed by atoms with Crippen molar-refractivity contribution < 1.29 is 0 Å². The predicted octanol–water partition coefficient (Wildman–Crippen LogP) is 32.1. The molecule has 0 saturated heterocycles. The molecular formula is C132H84N16. The Labute approximate surface area is 848 Å². The number of hydrogen-bond donors (Lipinski definition) is 0. The van der Waals surface area contributed by atoms with Crippen molar-refractivity contribution in [1.29, 1.82) is 0 Å². The third-order valence-electron chi connectivity index (χ3n) is 28.3. The van der Waals surface area contributed by atoms with Crippen LogP contribution in [0.4, 0.5) is 0 Å². The lowest BCUT2D eigenvalue weighted by Gasteiger charge is -2.14. The van der Waals surface area contributed by atoms with Crippen LogP contribution in [0, 0.1) is 0 Å². The molecule has 16 heteroatoms. The van der Waals surface area contributed by atoms with Crippen LogP contribution in [0.1, 0.15) is 0 Å². The third-order valence-corrected chi connectivity index (χ3v) is 28.3. The lowest BCUT2D eigenvalue weighted by atomic mass is 10.1. The van der Waals surface area contributed by atoms with Crippen molar-refractivity contribution in [3.8, 4) is 125 Å². The molecule has 0 spiro atoms. The van der Waals surface area contributed by atoms with E-state index in [0.717, 1.165) is 145 Å². The number of benzene rings is 19. The summed E-state index contributed by atoms with van der Waals surface area (Å²) in [6.45, 7) is 0. The Morgan fingerprint density at radius 2 is 0.412 bits per heavy atom. The van der Waals surface area contributed by atoms with Gasteiger partial charge in [0.1, 0.15) is 17.3 Å². The quantitative estimate of drug-likeness (QED) is 0.103. The van der Waals surface area contributed by atoms with Crippen LogP contribution < -0.4 is 0 Å². The van der Waals surface area contributed by atoms with Gasteiger partial charge in [0.25, 0.3) is 0 Å². The van der Waals surface area contributed by atoms with E-state index in [-0.39, 0.29) is 0 Å². The van der Waals surface area contributed by atoms with Gasteiger partial charge >= 0.3 is 0 Å². The molecule has 0 aliphatic carbocycles. The second kappa shape index (κ2) is 36.0. The maximum Gasteiger partial charge on any atom is 0.182 e. The largest absolute Gasteiger partial charge is 0.307 e. The molecule has 11 aromatic heterocycles. The number of aromatic nitrogens is 16. The van der Waals surface area contributed by atoms with Gasteiger partial charge in [0, 0.05) is 138 Å². The normalized spacial score (nSPS) is 11.6. The maximum atomic E-state index is 5.32. The lowest BCUT2D eigenvalue weighted by Crippen LogP contribution is -2.04. The van der Waals surface area contributed by atoms with E-state index in [9.17, 15) is 0 Å². The Balaban J connectivity index is 0.000000107. The zero-order chi connectivity index (χ0) is 97.6. The number of fused-ring (bicyclic) bond motifs is 22. The first-order valence-electron chi connectivity index (χ1n) is 49.6. The molecule has 0 radical (unpaired) electrons. The molecule has 0 fully saturated rings. The zero-order valence-corrected chi connectivity index (χ0v) is 79.7. The summed E-state index contributed by atoms with van der Waals surface area (Å²) in [7, 11) is 0. The van der Waals surface area contributed by atoms with Crippen LogP contribution >= 0.6 is 0 Å². The first-order valence-corrected chi connectivity index (χ1v) is 49.6. The van der Waals surface area contributed by atoms with Crippen molar-refractivity contribution in [3.05, 3.63) is 510 Å². The van der Waals surface area contributed by atoms with E-state index in [4.69, 9.17) is 49.8 Å². The number of pyridine rings is 2. The summed E-state index contributed by atoms with van der Waals surface area (Å²) >= 11 is 0. The minimum absolute atomic E-state index is 0.517. The highest BCUT2D eigenvalue weighted by Crippen LogP contribution is 2.48. The molecule has 692 valence electrons. The van der Waals surface area contributed by atoms with Crippen molar-refractivity contribution in [2.45, 2.75) is 0 Å². The average Bonchev–Trinajstić information content (AvgIpc) is 1.55. The van der Waals surface area contributed by atoms with Gasteiger partial charge in [-0.05, 0) is 115 Å². The number of rotatable bonds is 14. The van der Waals surface area contributed by atoms with Crippen molar-refractivity contribution >= 4 is 142 Å². The summed E-state index contributed by atoms with van der Waals surface area (Å²) in [5, 5.41) is 15.4. The third kappa shape index (κ3) is 14.6. The van der Waals surface area contributed by atoms with Crippen LogP contribution in [0.25, 0.3) is 267 Å². The first-order chi connectivity index (χ1) is 73.5. The Morgan fingerprint density at radius 1 is 0.142 bits per heavy atom. The Hall–Kier alpha value is -20.4. The lowest BCUT2D eigenvalue weighted by molar-refractivity contribution is 1.03. The highest BCUT2D eigenvalue weighted by molar-refractivity contribution is 6.27. The summed E-state index contributed by atoms with van der Waals surface area (Å²) in [4.78, 5) is 50.3. The van der Waals surface area contributed by atoms with E-state index < -0.39 is 0 Å². The molecule has 0 unspecified atom stereocenters. The first kappa shape index (κ1) is 85.6. The molecule has 11 heterocycles. The second-order valence-corrected chi connectivity index (χ2v) is 36.9. The van der Waals surface area contributed by atoms with E-state index in [1.165, 1.54) is 75.8 Å². The summed E-state index contributed by atoms with van der Waals surface area (Å²) in [5.74, 6) is 5.92. The minimum Gasteiger partial charge on any atom is -0.307 e. The van der Waals surface area contributed by atoms with Gasteiger partial charge in [-0.3, -0.25) is 9.13 Å². The van der Waals surface area contributed by atoms with E-state index in [1.807, 2.05) is 176 Å². The van der Waals surface area contributed by atoms with Crippen LogP contribution in [0.3, 0.4) is 0 Å². The Morgan fingerprint density at radius 3 is 0.777 bits per heavy atom. The van der Waals surface area contributed by atoms with Crippen molar-refractivity contribution in [1.82, 2.24) is 77.2 Å². The molecular weight excluding hydrogens is 1810 g/mol. The molecule has 16 nitrogen and oxygen atoms in total. The molecule has 0 amide bonds. The Bertz CT molecular complexity index is 9890. The van der Waals surface area contributed by atoms with Gasteiger partial charge in [0.15, 0.2) is 40.8 Å². The van der Waals surface area contributed by atoms with Gasteiger partial charge < -0.3 is 18.3 Å². The molecule has 148 heavy (non-hydrogen) atoms. The molecule has 0 aliphatic heterocycles. The van der Waals surface area contributed by atoms with Gasteiger partial charge in [0.05, 0.1) is 77.4 Å². The molecule has 19 aromatic carbocycles. The monoisotopic (exact) mass is 1890 g/mol. The van der Waals surface area contributed by atoms with Crippen LogP contribution in [0.5, 0.6) is 0 Å². The SMILES string of the molecule is c1ccc(-c2nc(-c3ccc(-n4c5ccccc5c5ccc6c7ccccc7n(-c7ccccc7)c6c54)nc3)nc3ccccc23)cc1.c1ccc(-c2nc(-c3ccccc3)nc(-c3cccc(-n4c5ccccc5c5ccc6c7ccccc7n(-c7ccccc7)c6c54)c3)n2)cc1.c1ccc(-c2nc(-c3ccccc3)nc(-c3cccc(-n4c5ccccc5c5ccc6c7ccccc7n(-c7ccccc7)c6c54)n3)n2)cc1. The molecule has 30 aromatic rings. The van der Waals surface area contributed by atoms with Crippen molar-refractivity contribution in [2.24, 2.45) is 0 Å². The van der Waals surface area contributed by atoms with Crippen molar-refractivity contribution in [3.63, 3.8) is 0 Å². The molecule has 0 atom stereocenters. The summed E-state index contributed by atoms with van der Waals surface area (Å²) < 4.78 is 14.2. The molecule has 0 bridgehead atoms. The number of hydrogen-bond acceptors (Lipinski definition) is 10. The fraction of sp³-hybridized carbons (Fsp3) is 0. The summed E-state index contributed by atoms with van der Waals surface area (Å²) in [6.07, 6.45) is 1.90. The highest BCUT2D eigenvalue weighted by atomic mass is 15.1. The van der Waals surface area contributed by atoms with E-state index in [0.29, 0.717) is 46.5 Å². The minimum atomic E-state index is 0.517. The second-order valence-electron chi connectivity index (χ2n) is 36.9. The fourth-order valence-corrected chi connectivity index (χ4v) is 21.8. The maximum absolute atomic E-state index is 5.32. The van der Waals surface area contributed by atoms with Crippen LogP contribution in [-0.2, 0) is 0 Å². The van der Waals surface area contributed by atoms with Gasteiger partial charge in [-0.15, -0.1) is 0 Å². The zero-order valence-electron chi connectivity index (χ0n) is 79.7. The standard InChI is InChI=1S/C45H29N5.C44H28N6.C43H27N5/c1-4-15-30(16-5-1)43-46-44(31-17-6-2-7-18-31)48-45(47-43)32-19-14-22-34(29-32)50-40-26-13-11-24-36(40)38-28-27-37-35-23-10-12-25-39(35)49(41(37)42(38)50)33-20-8-3-9-21-33;1-4-15-29(16-5-1)42-46-43(30-17-6-2-7-18-30)48-44(47-42)36-23-14-26-39(45-36)50-38-25-13-11-22-33(38)35-28-27-34-32-21-10-12-24-37(32)49(40(34)41(35)50)31-19-8-3-9-20-31;1-3-13-28(14-4-1)40-35-19-7-10-20-36(35)45-43(46-40)29-23-26-39(44-27-29)48-38-22-12-9-18-32(38)34-25-24-33-31-17-8-11-21-37(31)47(41(33)42(34)48)30-15-5-2-6-16-30/h1-29H;1-28H;1-27H. The predicted molar refractivity (Wildman–Crippen MR) is 604 cm³/mol. The molecule has 30 rings (SSSR count). The summed E-state index contributed by atoms with van der Waals surface area (Å²) in [5.41, 5.74) is 27.2. The van der Waals surface area contributed by atoms with E-state index in [2.05, 4.69) is 361 Å². The molecule has 0 saturated carbocycles. The number of nitrogens with zero attached hydrogens (tertiary/aromatic N) is 16. The highest BCUT2D eigenvalue weighted by Gasteiger charge is 2.29. The van der Waals surface area contributed by atoms with E-state index >= 15 is 0 Å². The topological polar surface area (TPSA) is 158 Å². The van der Waals surface area contributed by atoms with E-state index in [1.54, 1.807) is 0 Å². The fourth-order valence-electron chi connectivity index (χ4n) is 21.8. The smallest absolute Gasteiger partial charge is 0.182 e. The Kier molecular flexibility index (Phi) is 20.8. The van der Waals surface area contributed by atoms with Gasteiger partial charge in [-0.25, -0.2) is 49.8 Å². The average molecular weight is 1890 g/mol. The van der Waals surface area contributed by atoms with Gasteiger partial charge in [-0.2, -0.15) is 0 Å². The van der Waals surface area contributed by atoms with Gasteiger partial charge in [-0.1, -0.05) is 388 Å². The molecule has 0 aliphatic rings. The van der Waals surface area contributed by atoms with Crippen LogP contribution in [-0.4, -0.2) is 77.2 Å². The molecule has 0 N–H and O–H groups in total. The van der Waals surface area contributed by atoms with Gasteiger partial charge in [0.2, 0.25) is 0 Å². The summed E-state index contributed by atoms with van der Waals surface area (Å²) in [6, 6.07) is 175. The van der Waals surface area contributed by atoms with Crippen molar-refractivity contribution in [2.75, 3.05) is 0 Å². The van der Waals surface area contributed by atoms with Crippen LogP contribution in [0.2, 0.25) is 0 Å². The van der Waals surface area contributed by atoms with Crippen LogP contribution in [0.15, 0.2) is 510 Å².